The van der Waals surface area contributed by atoms with Gasteiger partial charge < -0.3 is 4.90 Å². The minimum Gasteiger partial charge on any atom is -0.343 e. The summed E-state index contributed by atoms with van der Waals surface area (Å²) in [5, 5.41) is 0. The van der Waals surface area contributed by atoms with E-state index in [-0.39, 0.29) is 5.91 Å². The highest BCUT2D eigenvalue weighted by molar-refractivity contribution is 7.89. The SMILES string of the molecule is CCN(CC)C(=O)Cc1ccc(S(=O)(=O)N2CCCCC2)cc1. The summed E-state index contributed by atoms with van der Waals surface area (Å²) < 4.78 is 26.7. The molecule has 0 radical (unpaired) electrons. The summed E-state index contributed by atoms with van der Waals surface area (Å²) in [6.07, 6.45) is 3.26. The van der Waals surface area contributed by atoms with Crippen LogP contribution in [0.5, 0.6) is 0 Å². The summed E-state index contributed by atoms with van der Waals surface area (Å²) in [6, 6.07) is 6.74. The van der Waals surface area contributed by atoms with E-state index in [1.807, 2.05) is 13.8 Å². The van der Waals surface area contributed by atoms with Crippen LogP contribution in [0.15, 0.2) is 29.2 Å². The van der Waals surface area contributed by atoms with Crippen molar-refractivity contribution < 1.29 is 13.2 Å². The van der Waals surface area contributed by atoms with E-state index in [1.165, 1.54) is 0 Å². The molecule has 128 valence electrons. The summed E-state index contributed by atoms with van der Waals surface area (Å²) in [7, 11) is -3.39. The van der Waals surface area contributed by atoms with Gasteiger partial charge in [-0.1, -0.05) is 18.6 Å². The Labute approximate surface area is 139 Å². The number of benzene rings is 1. The van der Waals surface area contributed by atoms with E-state index in [0.717, 1.165) is 24.8 Å². The molecule has 6 heteroatoms. The third-order valence-corrected chi connectivity index (χ3v) is 6.26. The number of likely N-dealkylation sites (N-methyl/N-ethyl adjacent to an activating group) is 1. The summed E-state index contributed by atoms with van der Waals surface area (Å²) >= 11 is 0. The monoisotopic (exact) mass is 338 g/mol. The van der Waals surface area contributed by atoms with Gasteiger partial charge in [0.25, 0.3) is 0 Å². The second kappa shape index (κ2) is 7.93. The first-order valence-corrected chi connectivity index (χ1v) is 9.80. The van der Waals surface area contributed by atoms with Gasteiger partial charge in [0.05, 0.1) is 11.3 Å². The molecule has 1 fully saturated rings. The standard InChI is InChI=1S/C17H26N2O3S/c1-3-18(4-2)17(20)14-15-8-10-16(11-9-15)23(21,22)19-12-6-5-7-13-19/h8-11H,3-7,12-14H2,1-2H3. The molecular formula is C17H26N2O3S. The van der Waals surface area contributed by atoms with Crippen LogP contribution in [0.2, 0.25) is 0 Å². The molecular weight excluding hydrogens is 312 g/mol. The van der Waals surface area contributed by atoms with Crippen LogP contribution < -0.4 is 0 Å². The van der Waals surface area contributed by atoms with Crippen molar-refractivity contribution in [3.8, 4) is 0 Å². The van der Waals surface area contributed by atoms with E-state index >= 15 is 0 Å². The maximum Gasteiger partial charge on any atom is 0.243 e. The zero-order valence-corrected chi connectivity index (χ0v) is 14.8. The van der Waals surface area contributed by atoms with Crippen molar-refractivity contribution in [2.24, 2.45) is 0 Å². The molecule has 1 saturated heterocycles. The van der Waals surface area contributed by atoms with Gasteiger partial charge in [-0.3, -0.25) is 4.79 Å². The van der Waals surface area contributed by atoms with E-state index in [4.69, 9.17) is 0 Å². The van der Waals surface area contributed by atoms with Crippen molar-refractivity contribution in [1.82, 2.24) is 9.21 Å². The molecule has 5 nitrogen and oxygen atoms in total. The summed E-state index contributed by atoms with van der Waals surface area (Å²) in [5.41, 5.74) is 0.847. The van der Waals surface area contributed by atoms with Gasteiger partial charge in [0.1, 0.15) is 0 Å². The second-order valence-corrected chi connectivity index (χ2v) is 7.79. The van der Waals surface area contributed by atoms with Crippen molar-refractivity contribution in [3.05, 3.63) is 29.8 Å². The quantitative estimate of drug-likeness (QED) is 0.799. The van der Waals surface area contributed by atoms with Crippen LogP contribution in [0, 0.1) is 0 Å². The van der Waals surface area contributed by atoms with Crippen LogP contribution >= 0.6 is 0 Å². The first-order chi connectivity index (χ1) is 11.0. The highest BCUT2D eigenvalue weighted by atomic mass is 32.2. The van der Waals surface area contributed by atoms with Gasteiger partial charge in [0.15, 0.2) is 0 Å². The number of amides is 1. The molecule has 0 bridgehead atoms. The highest BCUT2D eigenvalue weighted by Gasteiger charge is 2.25. The molecule has 2 rings (SSSR count). The highest BCUT2D eigenvalue weighted by Crippen LogP contribution is 2.21. The molecule has 1 aromatic rings. The zero-order chi connectivity index (χ0) is 16.9. The van der Waals surface area contributed by atoms with E-state index in [0.29, 0.717) is 37.5 Å². The predicted molar refractivity (Wildman–Crippen MR) is 90.7 cm³/mol. The number of carbonyl (C=O) groups excluding carboxylic acids is 1. The number of carbonyl (C=O) groups is 1. The Hall–Kier alpha value is -1.40. The average Bonchev–Trinajstić information content (AvgIpc) is 2.57. The van der Waals surface area contributed by atoms with Crippen molar-refractivity contribution in [2.75, 3.05) is 26.2 Å². The van der Waals surface area contributed by atoms with Crippen LogP contribution in [-0.2, 0) is 21.2 Å². The number of piperidine rings is 1. The molecule has 0 N–H and O–H groups in total. The first-order valence-electron chi connectivity index (χ1n) is 8.36. The molecule has 0 saturated carbocycles. The van der Waals surface area contributed by atoms with Crippen LogP contribution in [0.4, 0.5) is 0 Å². The second-order valence-electron chi connectivity index (χ2n) is 5.85. The molecule has 0 aromatic heterocycles. The van der Waals surface area contributed by atoms with Crippen molar-refractivity contribution in [1.29, 1.82) is 0 Å². The Bertz CT molecular complexity index is 616. The molecule has 1 aliphatic heterocycles. The average molecular weight is 338 g/mol. The lowest BCUT2D eigenvalue weighted by Gasteiger charge is -2.26. The van der Waals surface area contributed by atoms with Gasteiger partial charge in [0.2, 0.25) is 15.9 Å². The Kier molecular flexibility index (Phi) is 6.18. The van der Waals surface area contributed by atoms with Gasteiger partial charge >= 0.3 is 0 Å². The summed E-state index contributed by atoms with van der Waals surface area (Å²) in [5.74, 6) is 0.0710. The van der Waals surface area contributed by atoms with Gasteiger partial charge in [-0.2, -0.15) is 4.31 Å². The minimum absolute atomic E-state index is 0.0710. The summed E-state index contributed by atoms with van der Waals surface area (Å²) in [4.78, 5) is 14.2. The third kappa shape index (κ3) is 4.32. The molecule has 1 aliphatic rings. The van der Waals surface area contributed by atoms with E-state index in [9.17, 15) is 13.2 Å². The van der Waals surface area contributed by atoms with E-state index in [2.05, 4.69) is 0 Å². The lowest BCUT2D eigenvalue weighted by atomic mass is 10.1. The lowest BCUT2D eigenvalue weighted by molar-refractivity contribution is -0.130. The maximum absolute atomic E-state index is 12.6. The van der Waals surface area contributed by atoms with Gasteiger partial charge in [-0.15, -0.1) is 0 Å². The smallest absolute Gasteiger partial charge is 0.243 e. The van der Waals surface area contributed by atoms with Crippen molar-refractivity contribution in [2.45, 2.75) is 44.4 Å². The fourth-order valence-electron chi connectivity index (χ4n) is 2.90. The Morgan fingerprint density at radius 3 is 2.13 bits per heavy atom. The van der Waals surface area contributed by atoms with Crippen LogP contribution in [-0.4, -0.2) is 49.7 Å². The van der Waals surface area contributed by atoms with Crippen LogP contribution in [0.3, 0.4) is 0 Å². The molecule has 1 amide bonds. The van der Waals surface area contributed by atoms with Gasteiger partial charge in [-0.05, 0) is 44.4 Å². The Balaban J connectivity index is 2.08. The first kappa shape index (κ1) is 17.9. The zero-order valence-electron chi connectivity index (χ0n) is 14.0. The molecule has 0 atom stereocenters. The number of nitrogens with zero attached hydrogens (tertiary/aromatic N) is 2. The maximum atomic E-state index is 12.6. The molecule has 0 unspecified atom stereocenters. The molecule has 1 heterocycles. The lowest BCUT2D eigenvalue weighted by Crippen LogP contribution is -2.35. The minimum atomic E-state index is -3.39. The molecule has 23 heavy (non-hydrogen) atoms. The van der Waals surface area contributed by atoms with Gasteiger partial charge in [-0.25, -0.2) is 8.42 Å². The fraction of sp³-hybridized carbons (Fsp3) is 0.588. The number of hydrogen-bond acceptors (Lipinski definition) is 3. The van der Waals surface area contributed by atoms with Crippen LogP contribution in [0.25, 0.3) is 0 Å². The fourth-order valence-corrected chi connectivity index (χ4v) is 4.41. The molecule has 0 spiro atoms. The largest absolute Gasteiger partial charge is 0.343 e. The third-order valence-electron chi connectivity index (χ3n) is 4.35. The Morgan fingerprint density at radius 1 is 1.04 bits per heavy atom. The van der Waals surface area contributed by atoms with Crippen LogP contribution in [0.1, 0.15) is 38.7 Å². The van der Waals surface area contributed by atoms with Gasteiger partial charge in [0, 0.05) is 26.2 Å². The number of sulfonamides is 1. The van der Waals surface area contributed by atoms with Crippen molar-refractivity contribution >= 4 is 15.9 Å². The predicted octanol–water partition coefficient (Wildman–Crippen LogP) is 2.27. The number of hydrogen-bond donors (Lipinski definition) is 0. The molecule has 0 aliphatic carbocycles. The topological polar surface area (TPSA) is 57.7 Å². The van der Waals surface area contributed by atoms with E-state index in [1.54, 1.807) is 33.5 Å². The van der Waals surface area contributed by atoms with E-state index < -0.39 is 10.0 Å². The Morgan fingerprint density at radius 2 is 1.61 bits per heavy atom. The normalized spacial score (nSPS) is 16.3. The molecule has 1 aromatic carbocycles. The van der Waals surface area contributed by atoms with Crippen molar-refractivity contribution in [3.63, 3.8) is 0 Å². The summed E-state index contributed by atoms with van der Waals surface area (Å²) in [6.45, 7) is 6.49. The number of rotatable bonds is 6.